The van der Waals surface area contributed by atoms with E-state index < -0.39 is 51.0 Å². The predicted molar refractivity (Wildman–Crippen MR) is 531 cm³/mol. The molecule has 0 spiro atoms. The summed E-state index contributed by atoms with van der Waals surface area (Å²) in [5.74, 6) is 0.705. The summed E-state index contributed by atoms with van der Waals surface area (Å²) >= 11 is 18.5. The maximum absolute atomic E-state index is 14.4. The summed E-state index contributed by atoms with van der Waals surface area (Å²) in [4.78, 5) is 134. The van der Waals surface area contributed by atoms with E-state index in [1.165, 1.54) is 30.3 Å². The van der Waals surface area contributed by atoms with Gasteiger partial charge < -0.3 is 56.2 Å². The standard InChI is InChI=1S/C21H23ClN2O3.C21H19F3N2O4S.C20H19ClN4O2.C20H20ClN3O4S.C20H20FN3O4S/c1-27-19-8-4-13(10-17(19)22)16(11-14-5-9-20(25)23-14)18-7-6-15(12-2-3-12)21(26)24-18;22-21(23,24)31(29,30)15-6-3-13(4-7-15)17(11-14-5-10-19(27)25-14)18-9-8-16(12-1-2-12)20(28)26-18;21-14-3-1-12(2-4-14)17(9-15-5-8-19(26)24-15)18-7-6-16(20(27)25-18)13-10-22-23-11-13;2*21-16-9-12(3-7-18(16)29(22,27)28)15(10-13-4-8-19(25)23-13)17-6-5-14(11-1-2-11)20(26)24-17/h4,6-8,10,12,14,16H,2-3,5,9,11H2,1H3,(H,23,25)(H,24,26);3-4,6-9,11-12,14H,1-2,5,10H2,(H,25,27)(H,26,28);1-4,6-7,10-11,15,17H,5,8-9H2,(H,22,23)(H,24,26)(H,25,27);2*3,5-7,9-11,13H,1-2,4,8H2,(H,23,25)(H,24,26)(H2,22,27,28)/b;17-11+;;2*15-10+/t14-,16?;14-;15-,17?;2*13-/m11111/s1. The number of carbonyl (C=O) groups excluding carboxylic acids is 5. The average Bonchev–Trinajstić information content (AvgIpc) is 1.50. The first-order chi connectivity index (χ1) is 68.1. The Kier molecular flexibility index (Phi) is 31.3. The normalized spacial score (nSPS) is 19.6. The van der Waals surface area contributed by atoms with E-state index in [-0.39, 0.29) is 121 Å². The van der Waals surface area contributed by atoms with Gasteiger partial charge in [-0.15, -0.1) is 0 Å². The Balaban J connectivity index is 0.000000128. The summed E-state index contributed by atoms with van der Waals surface area (Å²) < 4.78 is 128. The number of H-pyrrole nitrogens is 6. The van der Waals surface area contributed by atoms with Crippen LogP contribution in [-0.2, 0) is 53.9 Å². The quantitative estimate of drug-likeness (QED) is 0.0224. The molecule has 0 radical (unpaired) electrons. The Morgan fingerprint density at radius 1 is 0.427 bits per heavy atom. The fourth-order valence-electron chi connectivity index (χ4n) is 18.2. The largest absolute Gasteiger partial charge is 0.501 e. The number of hydrogen-bond acceptors (Lipinski definition) is 18. The molecule has 5 amide bonds. The Bertz CT molecular complexity index is 7360. The number of nitrogens with one attached hydrogen (secondary N) is 11. The maximum Gasteiger partial charge on any atom is 0.501 e. The van der Waals surface area contributed by atoms with Crippen LogP contribution in [0.3, 0.4) is 0 Å². The van der Waals surface area contributed by atoms with Crippen LogP contribution in [-0.4, -0.2) is 133 Å². The number of carbonyl (C=O) groups is 5. The molecule has 4 saturated carbocycles. The SMILES string of the molecule is COc1ccc(C(C[C@H]2CCC(=O)N2)c2ccc(C3CC3)c(=O)[nH]2)cc1Cl.NS(=O)(=O)c1ccc(/C(=C\[C@H]2CCC(=O)N2)c2ccc(C3CC3)c(=O)[nH]2)cc1Cl.NS(=O)(=O)c1ccc(/C(=C\[C@H]2CCC(=O)N2)c2ccc(C3CC3)c(=O)[nH]2)cc1F.O=C1CC[C@H](/C=C(\c2ccc(S(=O)(=O)C(F)(F)F)cc2)c2ccc(C3CC3)c(=O)[nH]2)N1.O=C1CC[C@H](CC(c2ccc(Cl)cc2)c2ccc(-c3cn[nH]c3)c(=O)[nH]2)N1. The Morgan fingerprint density at radius 2 is 0.818 bits per heavy atom. The molecule has 31 nitrogen and oxygen atoms in total. The molecule has 0 bridgehead atoms. The van der Waals surface area contributed by atoms with Gasteiger partial charge in [-0.3, -0.25) is 53.0 Å². The van der Waals surface area contributed by atoms with Crippen LogP contribution in [0.1, 0.15) is 242 Å². The molecular formula is C102H101Cl3F4N14O17S3. The van der Waals surface area contributed by atoms with Gasteiger partial charge in [0.1, 0.15) is 21.4 Å². The lowest BCUT2D eigenvalue weighted by Crippen LogP contribution is -2.28. The molecule has 143 heavy (non-hydrogen) atoms. The van der Waals surface area contributed by atoms with Gasteiger partial charge in [0.2, 0.25) is 49.6 Å². The lowest BCUT2D eigenvalue weighted by Gasteiger charge is -2.22. The van der Waals surface area contributed by atoms with Crippen molar-refractivity contribution in [3.63, 3.8) is 0 Å². The van der Waals surface area contributed by atoms with Crippen molar-refractivity contribution in [2.24, 2.45) is 10.3 Å². The molecule has 9 aliphatic rings. The molecule has 6 aromatic heterocycles. The molecule has 9 fully saturated rings. The molecule has 5 aliphatic heterocycles. The molecule has 748 valence electrons. The van der Waals surface area contributed by atoms with Gasteiger partial charge in [-0.25, -0.2) is 39.9 Å². The van der Waals surface area contributed by atoms with Crippen molar-refractivity contribution in [3.8, 4) is 16.9 Å². The van der Waals surface area contributed by atoms with Crippen LogP contribution in [0.2, 0.25) is 15.1 Å². The van der Waals surface area contributed by atoms with Crippen molar-refractivity contribution >= 4 is 111 Å². The Hall–Kier alpha value is -13.2. The minimum Gasteiger partial charge on any atom is -0.495 e. The summed E-state index contributed by atoms with van der Waals surface area (Å²) in [5, 5.41) is 32.5. The van der Waals surface area contributed by atoms with Crippen molar-refractivity contribution in [2.45, 2.75) is 214 Å². The number of aromatic amines is 6. The molecule has 11 heterocycles. The van der Waals surface area contributed by atoms with Gasteiger partial charge >= 0.3 is 5.51 Å². The lowest BCUT2D eigenvalue weighted by molar-refractivity contribution is -0.120. The van der Waals surface area contributed by atoms with Crippen molar-refractivity contribution in [2.75, 3.05) is 7.11 Å². The molecule has 7 atom stereocenters. The van der Waals surface area contributed by atoms with Crippen LogP contribution in [0, 0.1) is 5.82 Å². The topological polar surface area (TPSA) is 502 Å². The molecule has 4 aliphatic carbocycles. The highest BCUT2D eigenvalue weighted by Gasteiger charge is 2.47. The number of aromatic nitrogens is 7. The number of amides is 5. The zero-order valence-corrected chi connectivity index (χ0v) is 81.6. The number of methoxy groups -OCH3 is 1. The minimum absolute atomic E-state index is 0.00457. The third-order valence-corrected chi connectivity index (χ3v) is 30.7. The molecule has 11 aromatic rings. The highest BCUT2D eigenvalue weighted by Crippen LogP contribution is 2.44. The van der Waals surface area contributed by atoms with E-state index in [2.05, 4.69) is 61.7 Å². The molecule has 2 unspecified atom stereocenters. The number of nitrogens with zero attached hydrogens (tertiary/aromatic N) is 1. The number of sulfone groups is 1. The van der Waals surface area contributed by atoms with Gasteiger partial charge in [-0.05, 0) is 245 Å². The lowest BCUT2D eigenvalue weighted by atomic mass is 9.88. The minimum atomic E-state index is -5.46. The van der Waals surface area contributed by atoms with Crippen molar-refractivity contribution in [1.29, 1.82) is 0 Å². The van der Waals surface area contributed by atoms with Gasteiger partial charge in [0.15, 0.2) is 0 Å². The third kappa shape index (κ3) is 25.7. The second kappa shape index (κ2) is 43.5. The van der Waals surface area contributed by atoms with Crippen LogP contribution >= 0.6 is 34.8 Å². The van der Waals surface area contributed by atoms with Crippen LogP contribution < -0.4 is 69.4 Å². The zero-order chi connectivity index (χ0) is 102. The molecule has 15 N–H and O–H groups in total. The number of rotatable bonds is 26. The number of alkyl halides is 3. The highest BCUT2D eigenvalue weighted by atomic mass is 35.5. The smallest absolute Gasteiger partial charge is 0.495 e. The van der Waals surface area contributed by atoms with Gasteiger partial charge in [-0.1, -0.05) is 120 Å². The molecule has 5 saturated heterocycles. The number of sulfonamides is 2. The van der Waals surface area contributed by atoms with Crippen LogP contribution in [0.15, 0.2) is 233 Å². The first-order valence-corrected chi connectivity index (χ1v) is 52.3. The van der Waals surface area contributed by atoms with E-state index >= 15 is 0 Å². The number of primary sulfonamides is 2. The van der Waals surface area contributed by atoms with E-state index in [1.807, 2.05) is 84.9 Å². The van der Waals surface area contributed by atoms with Gasteiger partial charge in [-0.2, -0.15) is 18.3 Å². The number of nitrogens with two attached hydrogens (primary N) is 2. The Morgan fingerprint density at radius 3 is 1.18 bits per heavy atom. The number of pyridine rings is 5. The Labute approximate surface area is 832 Å². The number of halogens is 7. The van der Waals surface area contributed by atoms with Crippen molar-refractivity contribution in [1.82, 2.24) is 61.7 Å². The molecular weight excluding hydrogens is 1970 g/mol. The first kappa shape index (κ1) is 103. The van der Waals surface area contributed by atoms with Crippen LogP contribution in [0.25, 0.3) is 27.8 Å². The summed E-state index contributed by atoms with van der Waals surface area (Å²) in [7, 11) is -12.0. The number of benzene rings is 5. The third-order valence-electron chi connectivity index (χ3n) is 26.3. The van der Waals surface area contributed by atoms with E-state index in [0.717, 1.165) is 133 Å². The predicted octanol–water partition coefficient (Wildman–Crippen LogP) is 14.2. The van der Waals surface area contributed by atoms with Gasteiger partial charge in [0.25, 0.3) is 37.6 Å². The summed E-state index contributed by atoms with van der Waals surface area (Å²) in [6.07, 6.45) is 23.8. The van der Waals surface area contributed by atoms with E-state index in [1.54, 1.807) is 62.0 Å². The van der Waals surface area contributed by atoms with Crippen molar-refractivity contribution < 1.29 is 71.5 Å². The van der Waals surface area contributed by atoms with Crippen LogP contribution in [0.5, 0.6) is 5.75 Å². The molecule has 5 aromatic carbocycles. The van der Waals surface area contributed by atoms with E-state index in [4.69, 9.17) is 49.8 Å². The zero-order valence-electron chi connectivity index (χ0n) is 76.9. The van der Waals surface area contributed by atoms with Crippen LogP contribution in [0.4, 0.5) is 17.6 Å². The highest BCUT2D eigenvalue weighted by molar-refractivity contribution is 7.92. The monoisotopic (exact) mass is 2070 g/mol. The van der Waals surface area contributed by atoms with E-state index in [9.17, 15) is 90.8 Å². The second-order valence-corrected chi connectivity index (χ2v) is 43.0. The number of ether oxygens (including phenoxy) is 1. The first-order valence-electron chi connectivity index (χ1n) is 46.6. The van der Waals surface area contributed by atoms with Gasteiger partial charge in [0, 0.05) is 158 Å². The number of hydrogen-bond donors (Lipinski definition) is 13. The van der Waals surface area contributed by atoms with E-state index in [0.29, 0.717) is 153 Å². The van der Waals surface area contributed by atoms with Gasteiger partial charge in [0.05, 0.1) is 33.8 Å². The summed E-state index contributed by atoms with van der Waals surface area (Å²) in [6.45, 7) is 0. The summed E-state index contributed by atoms with van der Waals surface area (Å²) in [6, 6.07) is 43.4. The average molecular weight is 2070 g/mol. The molecule has 41 heteroatoms. The van der Waals surface area contributed by atoms with Crippen molar-refractivity contribution in [3.05, 3.63) is 346 Å². The second-order valence-electron chi connectivity index (χ2n) is 36.8. The fourth-order valence-corrected chi connectivity index (χ4v) is 21.1. The fraction of sp³-hybridized carbons (Fsp3) is 0.324. The molecule has 20 rings (SSSR count). The summed E-state index contributed by atoms with van der Waals surface area (Å²) in [5.41, 5.74) is 6.42. The maximum atomic E-state index is 14.4.